The number of aryl methyl sites for hydroxylation is 1. The number of sulfonamides is 1. The summed E-state index contributed by atoms with van der Waals surface area (Å²) in [6.07, 6.45) is 5.02. The van der Waals surface area contributed by atoms with Crippen LogP contribution in [0.5, 0.6) is 0 Å². The summed E-state index contributed by atoms with van der Waals surface area (Å²) in [5.41, 5.74) is 0.969. The highest BCUT2D eigenvalue weighted by atomic mass is 32.2. The van der Waals surface area contributed by atoms with Crippen molar-refractivity contribution in [3.05, 3.63) is 29.8 Å². The fraction of sp³-hybridized carbons (Fsp3) is 0.650. The number of carbonyl (C=O) groups is 1. The van der Waals surface area contributed by atoms with Crippen LogP contribution in [0.4, 0.5) is 0 Å². The van der Waals surface area contributed by atoms with Crippen molar-refractivity contribution in [2.45, 2.75) is 75.4 Å². The predicted molar refractivity (Wildman–Crippen MR) is 104 cm³/mol. The Labute approximate surface area is 162 Å². The molecular weight excluding hydrogens is 364 g/mol. The maximum absolute atomic E-state index is 12.6. The molecule has 1 aromatic rings. The predicted octanol–water partition coefficient (Wildman–Crippen LogP) is 2.48. The van der Waals surface area contributed by atoms with Gasteiger partial charge < -0.3 is 9.64 Å². The maximum atomic E-state index is 12.6. The van der Waals surface area contributed by atoms with Crippen molar-refractivity contribution in [1.82, 2.24) is 9.62 Å². The molecule has 27 heavy (non-hydrogen) atoms. The summed E-state index contributed by atoms with van der Waals surface area (Å²) in [6.45, 7) is 5.17. The van der Waals surface area contributed by atoms with Crippen LogP contribution in [0.15, 0.2) is 29.2 Å². The SMILES string of the molecule is CC1COCC(C)N1C(=O)CCc1ccc(S(=O)(=O)NC2CCCC2)cc1. The van der Waals surface area contributed by atoms with Crippen LogP contribution in [-0.2, 0) is 26.0 Å². The molecule has 0 spiro atoms. The molecule has 7 heteroatoms. The molecule has 1 saturated carbocycles. The van der Waals surface area contributed by atoms with Crippen molar-refractivity contribution in [3.63, 3.8) is 0 Å². The lowest BCUT2D eigenvalue weighted by Crippen LogP contribution is -2.52. The molecule has 1 N–H and O–H groups in total. The van der Waals surface area contributed by atoms with Gasteiger partial charge in [-0.15, -0.1) is 0 Å². The average Bonchev–Trinajstić information content (AvgIpc) is 3.12. The Morgan fingerprint density at radius 1 is 1.11 bits per heavy atom. The molecule has 2 atom stereocenters. The molecular formula is C20H30N2O4S. The van der Waals surface area contributed by atoms with Gasteiger partial charge in [-0.1, -0.05) is 25.0 Å². The molecule has 6 nitrogen and oxygen atoms in total. The van der Waals surface area contributed by atoms with E-state index < -0.39 is 10.0 Å². The third kappa shape index (κ3) is 5.09. The molecule has 1 aromatic carbocycles. The number of rotatable bonds is 6. The molecule has 0 radical (unpaired) electrons. The highest BCUT2D eigenvalue weighted by Crippen LogP contribution is 2.21. The molecule has 3 rings (SSSR count). The van der Waals surface area contributed by atoms with E-state index in [-0.39, 0.29) is 24.0 Å². The number of carbonyl (C=O) groups excluding carboxylic acids is 1. The van der Waals surface area contributed by atoms with Gasteiger partial charge in [0.15, 0.2) is 0 Å². The molecule has 1 amide bonds. The number of hydrogen-bond donors (Lipinski definition) is 1. The molecule has 2 fully saturated rings. The van der Waals surface area contributed by atoms with Crippen LogP contribution in [0.2, 0.25) is 0 Å². The Balaban J connectivity index is 1.56. The molecule has 1 aliphatic carbocycles. The van der Waals surface area contributed by atoms with Gasteiger partial charge in [0.25, 0.3) is 0 Å². The van der Waals surface area contributed by atoms with Crippen molar-refractivity contribution in [3.8, 4) is 0 Å². The first-order valence-corrected chi connectivity index (χ1v) is 11.4. The fourth-order valence-corrected chi connectivity index (χ4v) is 5.35. The van der Waals surface area contributed by atoms with Crippen LogP contribution in [0, 0.1) is 0 Å². The van der Waals surface area contributed by atoms with Gasteiger partial charge in [-0.2, -0.15) is 0 Å². The zero-order chi connectivity index (χ0) is 19.4. The number of hydrogen-bond acceptors (Lipinski definition) is 4. The largest absolute Gasteiger partial charge is 0.377 e. The Hall–Kier alpha value is -1.44. The first-order valence-electron chi connectivity index (χ1n) is 9.87. The lowest BCUT2D eigenvalue weighted by Gasteiger charge is -2.39. The molecule has 1 aliphatic heterocycles. The summed E-state index contributed by atoms with van der Waals surface area (Å²) in [5, 5.41) is 0. The Kier molecular flexibility index (Phi) is 6.55. The summed E-state index contributed by atoms with van der Waals surface area (Å²) in [6, 6.07) is 7.13. The average molecular weight is 395 g/mol. The Morgan fingerprint density at radius 3 is 2.30 bits per heavy atom. The minimum Gasteiger partial charge on any atom is -0.377 e. The second kappa shape index (κ2) is 8.71. The lowest BCUT2D eigenvalue weighted by molar-refractivity contribution is -0.144. The van der Waals surface area contributed by atoms with E-state index in [0.717, 1.165) is 31.2 Å². The molecule has 1 heterocycles. The van der Waals surface area contributed by atoms with Crippen LogP contribution >= 0.6 is 0 Å². The second-order valence-electron chi connectivity index (χ2n) is 7.78. The monoisotopic (exact) mass is 394 g/mol. The van der Waals surface area contributed by atoms with Crippen LogP contribution < -0.4 is 4.72 Å². The highest BCUT2D eigenvalue weighted by molar-refractivity contribution is 7.89. The van der Waals surface area contributed by atoms with E-state index >= 15 is 0 Å². The van der Waals surface area contributed by atoms with E-state index in [1.54, 1.807) is 12.1 Å². The number of morpholine rings is 1. The van der Waals surface area contributed by atoms with Gasteiger partial charge >= 0.3 is 0 Å². The van der Waals surface area contributed by atoms with Crippen molar-refractivity contribution in [2.24, 2.45) is 0 Å². The standard InChI is InChI=1S/C20H30N2O4S/c1-15-13-26-14-16(2)22(15)20(23)12-9-17-7-10-19(11-8-17)27(24,25)21-18-5-3-4-6-18/h7-8,10-11,15-16,18,21H,3-6,9,12-14H2,1-2H3. The van der Waals surface area contributed by atoms with Gasteiger partial charge in [-0.3, -0.25) is 4.79 Å². The third-order valence-corrected chi connectivity index (χ3v) is 7.03. The van der Waals surface area contributed by atoms with Gasteiger partial charge in [0.2, 0.25) is 15.9 Å². The van der Waals surface area contributed by atoms with Gasteiger partial charge in [-0.25, -0.2) is 13.1 Å². The van der Waals surface area contributed by atoms with E-state index in [1.807, 2.05) is 30.9 Å². The van der Waals surface area contributed by atoms with E-state index in [4.69, 9.17) is 4.74 Å². The number of nitrogens with one attached hydrogen (secondary N) is 1. The normalized spacial score (nSPS) is 24.3. The molecule has 0 bridgehead atoms. The van der Waals surface area contributed by atoms with Crippen LogP contribution in [0.1, 0.15) is 51.5 Å². The summed E-state index contributed by atoms with van der Waals surface area (Å²) >= 11 is 0. The van der Waals surface area contributed by atoms with E-state index in [9.17, 15) is 13.2 Å². The first kappa shape index (κ1) is 20.3. The molecule has 0 aromatic heterocycles. The van der Waals surface area contributed by atoms with Gasteiger partial charge in [0, 0.05) is 12.5 Å². The summed E-state index contributed by atoms with van der Waals surface area (Å²) in [4.78, 5) is 14.8. The van der Waals surface area contributed by atoms with Gasteiger partial charge in [-0.05, 0) is 50.8 Å². The van der Waals surface area contributed by atoms with Crippen molar-refractivity contribution in [2.75, 3.05) is 13.2 Å². The highest BCUT2D eigenvalue weighted by Gasteiger charge is 2.29. The first-order chi connectivity index (χ1) is 12.9. The molecule has 2 aliphatic rings. The quantitative estimate of drug-likeness (QED) is 0.804. The van der Waals surface area contributed by atoms with Crippen molar-refractivity contribution < 1.29 is 17.9 Å². The topological polar surface area (TPSA) is 75.7 Å². The third-order valence-electron chi connectivity index (χ3n) is 5.49. The van der Waals surface area contributed by atoms with Crippen molar-refractivity contribution >= 4 is 15.9 Å². The summed E-state index contributed by atoms with van der Waals surface area (Å²) in [5.74, 6) is 0.123. The Morgan fingerprint density at radius 2 is 1.70 bits per heavy atom. The Bertz CT molecular complexity index is 732. The van der Waals surface area contributed by atoms with Crippen molar-refractivity contribution in [1.29, 1.82) is 0 Å². The minimum atomic E-state index is -3.46. The van der Waals surface area contributed by atoms with Crippen LogP contribution in [-0.4, -0.2) is 50.6 Å². The van der Waals surface area contributed by atoms with E-state index in [1.165, 1.54) is 0 Å². The number of ether oxygens (including phenoxy) is 1. The zero-order valence-corrected chi connectivity index (χ0v) is 17.0. The van der Waals surface area contributed by atoms with Crippen LogP contribution in [0.3, 0.4) is 0 Å². The smallest absolute Gasteiger partial charge is 0.240 e. The number of nitrogens with zero attached hydrogens (tertiary/aromatic N) is 1. The molecule has 1 saturated heterocycles. The molecule has 2 unspecified atom stereocenters. The van der Waals surface area contributed by atoms with E-state index in [2.05, 4.69) is 4.72 Å². The molecule has 150 valence electrons. The fourth-order valence-electron chi connectivity index (χ4n) is 4.04. The van der Waals surface area contributed by atoms with Gasteiger partial charge in [0.05, 0.1) is 30.2 Å². The van der Waals surface area contributed by atoms with E-state index in [0.29, 0.717) is 31.0 Å². The summed E-state index contributed by atoms with van der Waals surface area (Å²) < 4.78 is 33.2. The summed E-state index contributed by atoms with van der Waals surface area (Å²) in [7, 11) is -3.46. The lowest BCUT2D eigenvalue weighted by atomic mass is 10.1. The van der Waals surface area contributed by atoms with Gasteiger partial charge in [0.1, 0.15) is 0 Å². The maximum Gasteiger partial charge on any atom is 0.240 e. The number of benzene rings is 1. The minimum absolute atomic E-state index is 0.0600. The number of amides is 1. The van der Waals surface area contributed by atoms with Crippen LogP contribution in [0.25, 0.3) is 0 Å². The second-order valence-corrected chi connectivity index (χ2v) is 9.50. The zero-order valence-electron chi connectivity index (χ0n) is 16.2.